The molecular weight excluding hydrogens is 335 g/mol. The van der Waals surface area contributed by atoms with Gasteiger partial charge >= 0.3 is 0 Å². The number of likely N-dealkylation sites (tertiary alicyclic amines) is 1. The first-order chi connectivity index (χ1) is 12.6. The van der Waals surface area contributed by atoms with Gasteiger partial charge in [-0.3, -0.25) is 4.79 Å². The average Bonchev–Trinajstić information content (AvgIpc) is 3.23. The number of nitrogens with zero attached hydrogens (tertiary/aromatic N) is 4. The molecule has 3 heterocycles. The predicted octanol–water partition coefficient (Wildman–Crippen LogP) is 2.74. The molecule has 1 aromatic carbocycles. The molecule has 1 amide bonds. The molecule has 0 bridgehead atoms. The van der Waals surface area contributed by atoms with E-state index in [2.05, 4.69) is 5.10 Å². The van der Waals surface area contributed by atoms with Crippen LogP contribution < -0.4 is 4.74 Å². The van der Waals surface area contributed by atoms with Gasteiger partial charge in [-0.25, -0.2) is 8.91 Å². The monoisotopic (exact) mass is 356 g/mol. The van der Waals surface area contributed by atoms with E-state index in [1.54, 1.807) is 22.8 Å². The molecule has 136 valence electrons. The Labute approximate surface area is 150 Å². The predicted molar refractivity (Wildman–Crippen MR) is 94.7 cm³/mol. The van der Waals surface area contributed by atoms with E-state index in [4.69, 9.17) is 4.74 Å². The average molecular weight is 356 g/mol. The fraction of sp³-hybridized carbons (Fsp3) is 0.368. The maximum atomic E-state index is 13.2. The molecule has 0 aliphatic carbocycles. The van der Waals surface area contributed by atoms with Crippen LogP contribution in [0.25, 0.3) is 5.65 Å². The Bertz CT molecular complexity index is 933. The molecule has 3 aromatic rings. The number of aryl methyl sites for hydroxylation is 1. The number of fused-ring (bicyclic) bond motifs is 1. The zero-order valence-corrected chi connectivity index (χ0v) is 14.6. The van der Waals surface area contributed by atoms with Crippen LogP contribution in [-0.4, -0.2) is 44.7 Å². The molecule has 0 spiro atoms. The highest BCUT2D eigenvalue weighted by atomic mass is 19.1. The molecule has 7 heteroatoms. The van der Waals surface area contributed by atoms with E-state index in [9.17, 15) is 9.18 Å². The fourth-order valence-corrected chi connectivity index (χ4v) is 3.53. The summed E-state index contributed by atoms with van der Waals surface area (Å²) < 4.78 is 22.6. The van der Waals surface area contributed by atoms with E-state index in [1.807, 2.05) is 28.9 Å². The molecule has 1 aliphatic rings. The van der Waals surface area contributed by atoms with Gasteiger partial charge in [0.15, 0.2) is 0 Å². The number of amides is 1. The molecule has 4 rings (SSSR count). The zero-order chi connectivity index (χ0) is 18.1. The van der Waals surface area contributed by atoms with E-state index in [0.29, 0.717) is 24.5 Å². The number of aromatic nitrogens is 3. The smallest absolute Gasteiger partial charge is 0.259 e. The number of carbonyl (C=O) groups excluding carboxylic acids is 1. The minimum atomic E-state index is -0.309. The summed E-state index contributed by atoms with van der Waals surface area (Å²) in [5, 5.41) is 4.25. The first-order valence-electron chi connectivity index (χ1n) is 8.78. The number of ether oxygens (including phenoxy) is 1. The Hall–Kier alpha value is -2.83. The Morgan fingerprint density at radius 2 is 2.27 bits per heavy atom. The van der Waals surface area contributed by atoms with Crippen molar-refractivity contribution in [1.29, 1.82) is 0 Å². The number of imidazole rings is 1. The van der Waals surface area contributed by atoms with Crippen LogP contribution in [0.15, 0.2) is 42.9 Å². The number of carbonyl (C=O) groups is 1. The minimum Gasteiger partial charge on any atom is -0.493 e. The summed E-state index contributed by atoms with van der Waals surface area (Å²) in [6.07, 6.45) is 7.26. The standard InChI is InChI=1S/C19H21FN4O2/c1-22-8-9-24-18(22)17(11-21-24)19(25)23-7-3-4-14(12-23)13-26-16-6-2-5-15(20)10-16/h2,5-6,8-11,14H,3-4,7,12-13H2,1H3/t14-/m1/s1. The molecule has 1 atom stereocenters. The van der Waals surface area contributed by atoms with Gasteiger partial charge in [0, 0.05) is 44.5 Å². The fourth-order valence-electron chi connectivity index (χ4n) is 3.53. The van der Waals surface area contributed by atoms with Crippen molar-refractivity contribution in [1.82, 2.24) is 19.1 Å². The van der Waals surface area contributed by atoms with Gasteiger partial charge in [0.2, 0.25) is 0 Å². The largest absolute Gasteiger partial charge is 0.493 e. The molecule has 6 nitrogen and oxygen atoms in total. The van der Waals surface area contributed by atoms with E-state index in [0.717, 1.165) is 25.0 Å². The summed E-state index contributed by atoms with van der Waals surface area (Å²) in [6, 6.07) is 6.15. The molecule has 1 fully saturated rings. The summed E-state index contributed by atoms with van der Waals surface area (Å²) in [6.45, 7) is 1.84. The first-order valence-corrected chi connectivity index (χ1v) is 8.78. The Morgan fingerprint density at radius 1 is 1.38 bits per heavy atom. The first kappa shape index (κ1) is 16.6. The van der Waals surface area contributed by atoms with Crippen LogP contribution in [0.2, 0.25) is 0 Å². The third-order valence-electron chi connectivity index (χ3n) is 4.85. The van der Waals surface area contributed by atoms with Crippen LogP contribution in [0.4, 0.5) is 4.39 Å². The number of rotatable bonds is 4. The topological polar surface area (TPSA) is 51.8 Å². The van der Waals surface area contributed by atoms with Crippen molar-refractivity contribution in [3.63, 3.8) is 0 Å². The number of hydrogen-bond acceptors (Lipinski definition) is 3. The number of hydrogen-bond donors (Lipinski definition) is 0. The van der Waals surface area contributed by atoms with Crippen LogP contribution in [0.3, 0.4) is 0 Å². The van der Waals surface area contributed by atoms with E-state index >= 15 is 0 Å². The molecule has 26 heavy (non-hydrogen) atoms. The van der Waals surface area contributed by atoms with Crippen LogP contribution in [0.5, 0.6) is 5.75 Å². The van der Waals surface area contributed by atoms with Gasteiger partial charge < -0.3 is 14.2 Å². The van der Waals surface area contributed by atoms with Crippen molar-refractivity contribution in [2.24, 2.45) is 13.0 Å². The van der Waals surface area contributed by atoms with Crippen molar-refractivity contribution < 1.29 is 13.9 Å². The SMILES string of the molecule is Cn1ccn2ncc(C(=O)N3CCC[C@@H](COc4cccc(F)c4)C3)c12. The van der Waals surface area contributed by atoms with Crippen molar-refractivity contribution >= 4 is 11.6 Å². The molecule has 1 aliphatic heterocycles. The molecule has 0 saturated carbocycles. The second-order valence-electron chi connectivity index (χ2n) is 6.76. The van der Waals surface area contributed by atoms with Crippen molar-refractivity contribution in [2.75, 3.05) is 19.7 Å². The maximum absolute atomic E-state index is 13.2. The lowest BCUT2D eigenvalue weighted by atomic mass is 9.98. The van der Waals surface area contributed by atoms with Gasteiger partial charge in [-0.1, -0.05) is 6.07 Å². The highest BCUT2D eigenvalue weighted by molar-refractivity contribution is 5.99. The highest BCUT2D eigenvalue weighted by Gasteiger charge is 2.27. The van der Waals surface area contributed by atoms with E-state index < -0.39 is 0 Å². The number of halogens is 1. The van der Waals surface area contributed by atoms with Crippen LogP contribution in [0, 0.1) is 11.7 Å². The number of benzene rings is 1. The van der Waals surface area contributed by atoms with Gasteiger partial charge in [-0.05, 0) is 25.0 Å². The maximum Gasteiger partial charge on any atom is 0.259 e. The van der Waals surface area contributed by atoms with Gasteiger partial charge in [-0.15, -0.1) is 0 Å². The second kappa shape index (κ2) is 6.82. The minimum absolute atomic E-state index is 0.00254. The molecule has 1 saturated heterocycles. The van der Waals surface area contributed by atoms with Gasteiger partial charge in [0.05, 0.1) is 12.8 Å². The Morgan fingerprint density at radius 3 is 3.12 bits per heavy atom. The van der Waals surface area contributed by atoms with Crippen molar-refractivity contribution in [3.8, 4) is 5.75 Å². The van der Waals surface area contributed by atoms with E-state index in [-0.39, 0.29) is 17.6 Å². The van der Waals surface area contributed by atoms with Crippen LogP contribution in [-0.2, 0) is 7.05 Å². The quantitative estimate of drug-likeness (QED) is 0.722. The molecule has 2 aromatic heterocycles. The zero-order valence-electron chi connectivity index (χ0n) is 14.6. The lowest BCUT2D eigenvalue weighted by Crippen LogP contribution is -2.41. The Balaban J connectivity index is 1.43. The molecular formula is C19H21FN4O2. The number of piperidine rings is 1. The summed E-state index contributed by atoms with van der Waals surface area (Å²) in [5.74, 6) is 0.444. The second-order valence-corrected chi connectivity index (χ2v) is 6.76. The van der Waals surface area contributed by atoms with Gasteiger partial charge in [0.25, 0.3) is 5.91 Å². The third kappa shape index (κ3) is 3.16. The van der Waals surface area contributed by atoms with Crippen molar-refractivity contribution in [2.45, 2.75) is 12.8 Å². The molecule has 0 N–H and O–H groups in total. The summed E-state index contributed by atoms with van der Waals surface area (Å²) >= 11 is 0. The highest BCUT2D eigenvalue weighted by Crippen LogP contribution is 2.22. The molecule has 0 unspecified atom stereocenters. The third-order valence-corrected chi connectivity index (χ3v) is 4.85. The summed E-state index contributed by atoms with van der Waals surface area (Å²) in [7, 11) is 1.90. The van der Waals surface area contributed by atoms with Crippen LogP contribution >= 0.6 is 0 Å². The molecule has 0 radical (unpaired) electrons. The van der Waals surface area contributed by atoms with Crippen molar-refractivity contribution in [3.05, 3.63) is 54.2 Å². The van der Waals surface area contributed by atoms with E-state index in [1.165, 1.54) is 12.1 Å². The Kier molecular flexibility index (Phi) is 4.36. The lowest BCUT2D eigenvalue weighted by molar-refractivity contribution is 0.0635. The summed E-state index contributed by atoms with van der Waals surface area (Å²) in [4.78, 5) is 14.8. The van der Waals surface area contributed by atoms with Gasteiger partial charge in [0.1, 0.15) is 22.8 Å². The van der Waals surface area contributed by atoms with Crippen LogP contribution in [0.1, 0.15) is 23.2 Å². The normalized spacial score (nSPS) is 17.6. The summed E-state index contributed by atoms with van der Waals surface area (Å²) in [5.41, 5.74) is 1.41. The van der Waals surface area contributed by atoms with Gasteiger partial charge in [-0.2, -0.15) is 5.10 Å². The lowest BCUT2D eigenvalue weighted by Gasteiger charge is -2.32.